The van der Waals surface area contributed by atoms with Crippen molar-refractivity contribution in [2.45, 2.75) is 109 Å². The van der Waals surface area contributed by atoms with E-state index in [-0.39, 0.29) is 12.0 Å². The molecule has 0 radical (unpaired) electrons. The molecule has 0 spiro atoms. The minimum absolute atomic E-state index is 0.226. The van der Waals surface area contributed by atoms with Crippen molar-refractivity contribution in [1.29, 1.82) is 0 Å². The highest BCUT2D eigenvalue weighted by Gasteiger charge is 2.25. The first-order valence-electron chi connectivity index (χ1n) is 10.2. The van der Waals surface area contributed by atoms with E-state index in [1.807, 2.05) is 0 Å². The topological polar surface area (TPSA) is 55.1 Å². The van der Waals surface area contributed by atoms with E-state index in [0.717, 1.165) is 19.3 Å². The lowest BCUT2D eigenvalue weighted by Crippen LogP contribution is -2.40. The highest BCUT2D eigenvalue weighted by atomic mass is 16.1. The second-order valence-corrected chi connectivity index (χ2v) is 8.08. The zero-order chi connectivity index (χ0) is 16.5. The Morgan fingerprint density at radius 2 is 1.39 bits per heavy atom. The lowest BCUT2D eigenvalue weighted by molar-refractivity contribution is -0.126. The van der Waals surface area contributed by atoms with Gasteiger partial charge in [0, 0.05) is 18.0 Å². The van der Waals surface area contributed by atoms with E-state index >= 15 is 0 Å². The van der Waals surface area contributed by atoms with Crippen LogP contribution in [0.5, 0.6) is 0 Å². The molecular weight excluding hydrogens is 284 g/mol. The molecule has 3 heteroatoms. The highest BCUT2D eigenvalue weighted by Crippen LogP contribution is 2.28. The zero-order valence-electron chi connectivity index (χ0n) is 15.2. The van der Waals surface area contributed by atoms with E-state index in [4.69, 9.17) is 5.73 Å². The Kier molecular flexibility index (Phi) is 8.43. The van der Waals surface area contributed by atoms with Crippen molar-refractivity contribution in [3.8, 4) is 0 Å². The number of nitrogens with one attached hydrogen (secondary N) is 1. The first-order chi connectivity index (χ1) is 11.2. The summed E-state index contributed by atoms with van der Waals surface area (Å²) in [5, 5.41) is 3.41. The molecule has 0 bridgehead atoms. The number of amides is 1. The fraction of sp³-hybridized carbons (Fsp3) is 0.950. The van der Waals surface area contributed by atoms with Crippen molar-refractivity contribution >= 4 is 5.91 Å². The van der Waals surface area contributed by atoms with Crippen LogP contribution in [0.4, 0.5) is 0 Å². The van der Waals surface area contributed by atoms with Gasteiger partial charge >= 0.3 is 0 Å². The van der Waals surface area contributed by atoms with Gasteiger partial charge in [0.25, 0.3) is 0 Å². The van der Waals surface area contributed by atoms with Gasteiger partial charge in [-0.2, -0.15) is 0 Å². The predicted molar refractivity (Wildman–Crippen MR) is 97.2 cm³/mol. The smallest absolute Gasteiger partial charge is 0.223 e. The first kappa shape index (κ1) is 18.8. The Morgan fingerprint density at radius 3 is 2.04 bits per heavy atom. The monoisotopic (exact) mass is 322 g/mol. The molecule has 2 unspecified atom stereocenters. The molecular formula is C20H38N2O. The molecule has 23 heavy (non-hydrogen) atoms. The number of hydrogen-bond acceptors (Lipinski definition) is 2. The van der Waals surface area contributed by atoms with Crippen LogP contribution in [0, 0.1) is 11.8 Å². The van der Waals surface area contributed by atoms with Crippen molar-refractivity contribution in [3.63, 3.8) is 0 Å². The summed E-state index contributed by atoms with van der Waals surface area (Å²) in [5.41, 5.74) is 6.10. The van der Waals surface area contributed by atoms with Crippen molar-refractivity contribution in [2.24, 2.45) is 17.6 Å². The van der Waals surface area contributed by atoms with E-state index in [0.29, 0.717) is 17.9 Å². The third-order valence-corrected chi connectivity index (χ3v) is 6.08. The molecule has 2 saturated carbocycles. The molecule has 1 amide bonds. The average molecular weight is 323 g/mol. The Bertz CT molecular complexity index is 333. The maximum Gasteiger partial charge on any atom is 0.223 e. The number of carbonyl (C=O) groups excluding carboxylic acids is 1. The Hall–Kier alpha value is -0.570. The van der Waals surface area contributed by atoms with E-state index in [9.17, 15) is 4.79 Å². The quantitative estimate of drug-likeness (QED) is 0.801. The van der Waals surface area contributed by atoms with Gasteiger partial charge in [0.1, 0.15) is 0 Å². The van der Waals surface area contributed by atoms with Gasteiger partial charge in [0.2, 0.25) is 5.91 Å². The largest absolute Gasteiger partial charge is 0.353 e. The van der Waals surface area contributed by atoms with Gasteiger partial charge in [-0.25, -0.2) is 0 Å². The molecule has 2 rings (SSSR count). The molecule has 2 aliphatic rings. The minimum atomic E-state index is 0.226. The van der Waals surface area contributed by atoms with Gasteiger partial charge in [-0.3, -0.25) is 4.79 Å². The summed E-state index contributed by atoms with van der Waals surface area (Å²) in [4.78, 5) is 12.7. The molecule has 0 aliphatic heterocycles. The summed E-state index contributed by atoms with van der Waals surface area (Å²) >= 11 is 0. The maximum atomic E-state index is 12.7. The number of nitrogens with two attached hydrogens (primary N) is 1. The van der Waals surface area contributed by atoms with Crippen LogP contribution in [0.2, 0.25) is 0 Å². The van der Waals surface area contributed by atoms with Crippen molar-refractivity contribution in [3.05, 3.63) is 0 Å². The summed E-state index contributed by atoms with van der Waals surface area (Å²) in [5.74, 6) is 1.17. The minimum Gasteiger partial charge on any atom is -0.353 e. The standard InChI is InChI=1S/C20H38N2O/c1-16(21)17-10-8-9-11-18(15-14-17)20(23)22-19-12-6-4-2-3-5-7-13-19/h16-19H,2-15,21H2,1H3,(H,22,23)/t16-,17?,18?/m1/s1. The van der Waals surface area contributed by atoms with Gasteiger partial charge in [-0.05, 0) is 51.4 Å². The summed E-state index contributed by atoms with van der Waals surface area (Å²) in [6.45, 7) is 2.12. The van der Waals surface area contributed by atoms with Crippen molar-refractivity contribution < 1.29 is 4.79 Å². The van der Waals surface area contributed by atoms with Gasteiger partial charge in [0.15, 0.2) is 0 Å². The average Bonchev–Trinajstić information content (AvgIpc) is 2.60. The lowest BCUT2D eigenvalue weighted by atomic mass is 9.82. The fourth-order valence-electron chi connectivity index (χ4n) is 4.39. The van der Waals surface area contributed by atoms with Crippen LogP contribution in [0.15, 0.2) is 0 Å². The van der Waals surface area contributed by atoms with Gasteiger partial charge in [0.05, 0.1) is 0 Å². The molecule has 3 N–H and O–H groups in total. The first-order valence-corrected chi connectivity index (χ1v) is 10.2. The van der Waals surface area contributed by atoms with Crippen molar-refractivity contribution in [2.75, 3.05) is 0 Å². The van der Waals surface area contributed by atoms with Gasteiger partial charge in [-0.1, -0.05) is 51.4 Å². The molecule has 3 atom stereocenters. The summed E-state index contributed by atoms with van der Waals surface area (Å²) in [6.07, 6.45) is 17.3. The van der Waals surface area contributed by atoms with Gasteiger partial charge in [-0.15, -0.1) is 0 Å². The molecule has 0 saturated heterocycles. The van der Waals surface area contributed by atoms with Crippen LogP contribution >= 0.6 is 0 Å². The normalized spacial score (nSPS) is 30.2. The maximum absolute atomic E-state index is 12.7. The third kappa shape index (κ3) is 6.82. The summed E-state index contributed by atoms with van der Waals surface area (Å²) < 4.78 is 0. The lowest BCUT2D eigenvalue weighted by Gasteiger charge is -2.28. The van der Waals surface area contributed by atoms with Crippen LogP contribution in [0.1, 0.15) is 96.8 Å². The summed E-state index contributed by atoms with van der Waals surface area (Å²) in [7, 11) is 0. The fourth-order valence-corrected chi connectivity index (χ4v) is 4.39. The molecule has 134 valence electrons. The van der Waals surface area contributed by atoms with E-state index < -0.39 is 0 Å². The molecule has 2 fully saturated rings. The SMILES string of the molecule is C[C@@H](N)C1CCCCC(C(=O)NC2CCCCCCCC2)CC1. The molecule has 0 aromatic heterocycles. The van der Waals surface area contributed by atoms with Crippen molar-refractivity contribution in [1.82, 2.24) is 5.32 Å². The molecule has 0 aromatic rings. The van der Waals surface area contributed by atoms with Crippen LogP contribution in [-0.4, -0.2) is 18.0 Å². The Labute approximate surface area is 143 Å². The van der Waals surface area contributed by atoms with Crippen LogP contribution in [-0.2, 0) is 4.79 Å². The number of carbonyl (C=O) groups is 1. The molecule has 3 nitrogen and oxygen atoms in total. The predicted octanol–water partition coefficient (Wildman–Crippen LogP) is 4.54. The number of rotatable bonds is 3. The van der Waals surface area contributed by atoms with Crippen LogP contribution in [0.3, 0.4) is 0 Å². The van der Waals surface area contributed by atoms with E-state index in [1.54, 1.807) is 0 Å². The molecule has 0 aromatic carbocycles. The Balaban J connectivity index is 1.82. The van der Waals surface area contributed by atoms with E-state index in [2.05, 4.69) is 12.2 Å². The third-order valence-electron chi connectivity index (χ3n) is 6.08. The van der Waals surface area contributed by atoms with E-state index in [1.165, 1.54) is 70.6 Å². The molecule has 0 heterocycles. The molecule has 2 aliphatic carbocycles. The zero-order valence-corrected chi connectivity index (χ0v) is 15.2. The number of hydrogen-bond donors (Lipinski definition) is 2. The summed E-state index contributed by atoms with van der Waals surface area (Å²) in [6, 6.07) is 0.696. The second-order valence-electron chi connectivity index (χ2n) is 8.08. The van der Waals surface area contributed by atoms with Crippen LogP contribution in [0.25, 0.3) is 0 Å². The van der Waals surface area contributed by atoms with Crippen LogP contribution < -0.4 is 11.1 Å². The highest BCUT2D eigenvalue weighted by molar-refractivity contribution is 5.78. The van der Waals surface area contributed by atoms with Gasteiger partial charge < -0.3 is 11.1 Å². The second kappa shape index (κ2) is 10.3. The Morgan fingerprint density at radius 1 is 0.826 bits per heavy atom.